The average molecular weight is 290 g/mol. The van der Waals surface area contributed by atoms with E-state index >= 15 is 0 Å². The molecule has 0 fully saturated rings. The molecule has 0 saturated carbocycles. The molecule has 2 heterocycles. The molecule has 0 amide bonds. The van der Waals surface area contributed by atoms with Gasteiger partial charge in [0.2, 0.25) is 0 Å². The molecule has 0 spiro atoms. The molecule has 4 nitrogen and oxygen atoms in total. The number of H-pyrrole nitrogens is 1. The van der Waals surface area contributed by atoms with Gasteiger partial charge in [-0.1, -0.05) is 13.0 Å². The van der Waals surface area contributed by atoms with Crippen molar-refractivity contribution in [3.63, 3.8) is 0 Å². The van der Waals surface area contributed by atoms with Crippen molar-refractivity contribution in [2.24, 2.45) is 7.05 Å². The fourth-order valence-electron chi connectivity index (χ4n) is 2.52. The molecule has 0 aliphatic heterocycles. The van der Waals surface area contributed by atoms with Gasteiger partial charge >= 0.3 is 0 Å². The Labute approximate surface area is 120 Å². The third-order valence-corrected chi connectivity index (χ3v) is 3.84. The lowest BCUT2D eigenvalue weighted by Crippen LogP contribution is -2.03. The second-order valence-electron chi connectivity index (χ2n) is 4.77. The van der Waals surface area contributed by atoms with Crippen molar-refractivity contribution in [3.8, 4) is 5.69 Å². The van der Waals surface area contributed by atoms with E-state index in [0.717, 1.165) is 29.0 Å². The largest absolute Gasteiger partial charge is 0.327 e. The zero-order valence-corrected chi connectivity index (χ0v) is 12.4. The SMILES string of the molecule is CCc1nn(C)c2c1[nH]c(=S)n2-c1cccc(F)c1C. The summed E-state index contributed by atoms with van der Waals surface area (Å²) in [6, 6.07) is 5.00. The number of imidazole rings is 1. The van der Waals surface area contributed by atoms with Crippen LogP contribution in [-0.2, 0) is 13.5 Å². The van der Waals surface area contributed by atoms with Gasteiger partial charge in [-0.15, -0.1) is 0 Å². The molecule has 1 N–H and O–H groups in total. The lowest BCUT2D eigenvalue weighted by Gasteiger charge is -2.09. The maximum absolute atomic E-state index is 13.8. The van der Waals surface area contributed by atoms with Gasteiger partial charge < -0.3 is 4.98 Å². The van der Waals surface area contributed by atoms with E-state index in [1.54, 1.807) is 17.7 Å². The molecule has 1 aromatic carbocycles. The van der Waals surface area contributed by atoms with Gasteiger partial charge in [-0.25, -0.2) is 9.07 Å². The standard InChI is InChI=1S/C14H15FN4S/c1-4-10-12-13(18(3)17-10)19(14(20)16-12)11-7-5-6-9(15)8(11)2/h5-7H,4H2,1-3H3,(H,16,20). The van der Waals surface area contributed by atoms with Crippen molar-refractivity contribution in [2.45, 2.75) is 20.3 Å². The number of rotatable bonds is 2. The minimum absolute atomic E-state index is 0.239. The molecule has 0 radical (unpaired) electrons. The van der Waals surface area contributed by atoms with Crippen LogP contribution in [0.2, 0.25) is 0 Å². The number of aryl methyl sites for hydroxylation is 2. The smallest absolute Gasteiger partial charge is 0.184 e. The summed E-state index contributed by atoms with van der Waals surface area (Å²) >= 11 is 5.40. The number of nitrogens with zero attached hydrogens (tertiary/aromatic N) is 3. The van der Waals surface area contributed by atoms with Crippen LogP contribution in [0.5, 0.6) is 0 Å². The first-order chi connectivity index (χ1) is 9.54. The van der Waals surface area contributed by atoms with Crippen molar-refractivity contribution in [1.29, 1.82) is 0 Å². The van der Waals surface area contributed by atoms with Crippen LogP contribution in [0.3, 0.4) is 0 Å². The predicted octanol–water partition coefficient (Wildman–Crippen LogP) is 3.43. The molecule has 0 aliphatic carbocycles. The van der Waals surface area contributed by atoms with Crippen LogP contribution in [0.4, 0.5) is 4.39 Å². The fraction of sp³-hybridized carbons (Fsp3) is 0.286. The number of hydrogen-bond donors (Lipinski definition) is 1. The molecule has 0 bridgehead atoms. The first kappa shape index (κ1) is 13.1. The molecule has 0 aliphatic rings. The maximum atomic E-state index is 13.8. The Balaban J connectivity index is 2.42. The van der Waals surface area contributed by atoms with Crippen molar-refractivity contribution in [1.82, 2.24) is 19.3 Å². The highest BCUT2D eigenvalue weighted by Gasteiger charge is 2.17. The average Bonchev–Trinajstić information content (AvgIpc) is 2.90. The lowest BCUT2D eigenvalue weighted by atomic mass is 10.2. The van der Waals surface area contributed by atoms with Crippen LogP contribution >= 0.6 is 12.2 Å². The maximum Gasteiger partial charge on any atom is 0.184 e. The monoisotopic (exact) mass is 290 g/mol. The highest BCUT2D eigenvalue weighted by molar-refractivity contribution is 7.71. The molecule has 104 valence electrons. The summed E-state index contributed by atoms with van der Waals surface area (Å²) in [6.45, 7) is 3.80. The number of nitrogens with one attached hydrogen (secondary N) is 1. The lowest BCUT2D eigenvalue weighted by molar-refractivity contribution is 0.616. The van der Waals surface area contributed by atoms with Crippen LogP contribution < -0.4 is 0 Å². The molecular weight excluding hydrogens is 275 g/mol. The molecular formula is C14H15FN4S. The van der Waals surface area contributed by atoms with Gasteiger partial charge in [0.05, 0.1) is 11.4 Å². The third-order valence-electron chi connectivity index (χ3n) is 3.55. The first-order valence-electron chi connectivity index (χ1n) is 6.46. The van der Waals surface area contributed by atoms with E-state index in [0.29, 0.717) is 10.3 Å². The molecule has 3 aromatic rings. The van der Waals surface area contributed by atoms with Crippen molar-refractivity contribution < 1.29 is 4.39 Å². The number of aromatic amines is 1. The minimum Gasteiger partial charge on any atom is -0.327 e. The summed E-state index contributed by atoms with van der Waals surface area (Å²) in [6.07, 6.45) is 0.814. The van der Waals surface area contributed by atoms with Crippen LogP contribution in [0.1, 0.15) is 18.2 Å². The van der Waals surface area contributed by atoms with Crippen molar-refractivity contribution >= 4 is 23.4 Å². The third kappa shape index (κ3) is 1.71. The Bertz CT molecular complexity index is 856. The highest BCUT2D eigenvalue weighted by atomic mass is 32.1. The summed E-state index contributed by atoms with van der Waals surface area (Å²) in [7, 11) is 1.87. The van der Waals surface area contributed by atoms with E-state index in [1.165, 1.54) is 6.07 Å². The Morgan fingerprint density at radius 2 is 2.15 bits per heavy atom. The second kappa shape index (κ2) is 4.56. The number of halogens is 1. The van der Waals surface area contributed by atoms with Gasteiger partial charge in [0.1, 0.15) is 11.3 Å². The Morgan fingerprint density at radius 1 is 1.40 bits per heavy atom. The first-order valence-corrected chi connectivity index (χ1v) is 6.87. The Hall–Kier alpha value is -1.95. The molecule has 20 heavy (non-hydrogen) atoms. The van der Waals surface area contributed by atoms with E-state index < -0.39 is 0 Å². The molecule has 0 unspecified atom stereocenters. The fourth-order valence-corrected chi connectivity index (χ4v) is 2.81. The highest BCUT2D eigenvalue weighted by Crippen LogP contribution is 2.25. The topological polar surface area (TPSA) is 38.5 Å². The van der Waals surface area contributed by atoms with Crippen LogP contribution in [0.15, 0.2) is 18.2 Å². The van der Waals surface area contributed by atoms with Crippen LogP contribution in [-0.4, -0.2) is 19.3 Å². The van der Waals surface area contributed by atoms with E-state index in [4.69, 9.17) is 12.2 Å². The number of aromatic nitrogens is 4. The summed E-state index contributed by atoms with van der Waals surface area (Å²) in [5, 5.41) is 4.47. The zero-order chi connectivity index (χ0) is 14.4. The Morgan fingerprint density at radius 3 is 2.85 bits per heavy atom. The van der Waals surface area contributed by atoms with Gasteiger partial charge in [-0.3, -0.25) is 4.57 Å². The molecule has 0 saturated heterocycles. The summed E-state index contributed by atoms with van der Waals surface area (Å²) < 4.78 is 18.0. The molecule has 0 atom stereocenters. The number of benzene rings is 1. The quantitative estimate of drug-likeness (QED) is 0.734. The number of hydrogen-bond acceptors (Lipinski definition) is 2. The van der Waals surface area contributed by atoms with E-state index in [1.807, 2.05) is 24.6 Å². The van der Waals surface area contributed by atoms with Crippen molar-refractivity contribution in [3.05, 3.63) is 40.0 Å². The molecule has 3 rings (SSSR count). The summed E-state index contributed by atoms with van der Waals surface area (Å²) in [5.74, 6) is -0.239. The van der Waals surface area contributed by atoms with E-state index in [2.05, 4.69) is 10.1 Å². The Kier molecular flexibility index (Phi) is 2.97. The van der Waals surface area contributed by atoms with Crippen LogP contribution in [0.25, 0.3) is 16.9 Å². The van der Waals surface area contributed by atoms with E-state index in [-0.39, 0.29) is 5.82 Å². The zero-order valence-electron chi connectivity index (χ0n) is 11.6. The van der Waals surface area contributed by atoms with E-state index in [9.17, 15) is 4.39 Å². The van der Waals surface area contributed by atoms with Gasteiger partial charge in [-0.05, 0) is 37.7 Å². The van der Waals surface area contributed by atoms with Crippen LogP contribution in [0, 0.1) is 17.5 Å². The predicted molar refractivity (Wildman–Crippen MR) is 79.3 cm³/mol. The van der Waals surface area contributed by atoms with Gasteiger partial charge in [0.25, 0.3) is 0 Å². The minimum atomic E-state index is -0.239. The molecule has 2 aromatic heterocycles. The van der Waals surface area contributed by atoms with Gasteiger partial charge in [-0.2, -0.15) is 5.10 Å². The normalized spacial score (nSPS) is 11.4. The second-order valence-corrected chi connectivity index (χ2v) is 5.16. The summed E-state index contributed by atoms with van der Waals surface area (Å²) in [5.41, 5.74) is 4.06. The summed E-state index contributed by atoms with van der Waals surface area (Å²) in [4.78, 5) is 3.18. The van der Waals surface area contributed by atoms with Crippen molar-refractivity contribution in [2.75, 3.05) is 0 Å². The molecule has 6 heteroatoms. The van der Waals surface area contributed by atoms with Gasteiger partial charge in [0.15, 0.2) is 10.4 Å². The number of fused-ring (bicyclic) bond motifs is 1. The van der Waals surface area contributed by atoms with Gasteiger partial charge in [0, 0.05) is 12.6 Å².